The first-order valence-corrected chi connectivity index (χ1v) is 7.72. The number of hydrogen-bond acceptors (Lipinski definition) is 1. The zero-order valence-corrected chi connectivity index (χ0v) is 12.7. The molecule has 0 aliphatic rings. The molecule has 0 aliphatic heterocycles. The molecule has 0 aliphatic carbocycles. The Kier molecular flexibility index (Phi) is 3.45. The van der Waals surface area contributed by atoms with Crippen LogP contribution in [0.1, 0.15) is 5.56 Å². The van der Waals surface area contributed by atoms with Crippen LogP contribution in [0.4, 0.5) is 0 Å². The lowest BCUT2D eigenvalue weighted by Crippen LogP contribution is -1.93. The van der Waals surface area contributed by atoms with Crippen molar-refractivity contribution in [1.29, 1.82) is 0 Å². The van der Waals surface area contributed by atoms with Gasteiger partial charge in [-0.25, -0.2) is 0 Å². The summed E-state index contributed by atoms with van der Waals surface area (Å²) in [6.45, 7) is 0.0578. The molecule has 2 heteroatoms. The van der Waals surface area contributed by atoms with E-state index in [2.05, 4.69) is 65.4 Å². The second-order valence-electron chi connectivity index (χ2n) is 5.62. The number of nitrogens with zero attached hydrogens (tertiary/aromatic N) is 1. The summed E-state index contributed by atoms with van der Waals surface area (Å²) in [5.74, 6) is 0. The molecule has 0 fully saturated rings. The minimum Gasteiger partial charge on any atom is -0.392 e. The van der Waals surface area contributed by atoms with Crippen LogP contribution in [0.15, 0.2) is 85.1 Å². The molecule has 0 saturated carbocycles. The molecule has 4 aromatic rings. The third kappa shape index (κ3) is 2.43. The van der Waals surface area contributed by atoms with Gasteiger partial charge in [0.25, 0.3) is 0 Å². The second-order valence-corrected chi connectivity index (χ2v) is 5.62. The van der Waals surface area contributed by atoms with Gasteiger partial charge in [-0.3, -0.25) is 0 Å². The van der Waals surface area contributed by atoms with Crippen LogP contribution in [-0.4, -0.2) is 9.67 Å². The number of aliphatic hydroxyl groups is 1. The molecule has 0 atom stereocenters. The topological polar surface area (TPSA) is 25.2 Å². The Hall–Kier alpha value is -2.84. The van der Waals surface area contributed by atoms with Crippen molar-refractivity contribution in [2.75, 3.05) is 0 Å². The molecule has 1 heterocycles. The maximum Gasteiger partial charge on any atom is 0.0682 e. The van der Waals surface area contributed by atoms with Gasteiger partial charge in [-0.1, -0.05) is 54.6 Å². The number of hydrogen-bond donors (Lipinski definition) is 1. The van der Waals surface area contributed by atoms with Crippen molar-refractivity contribution in [3.05, 3.63) is 90.6 Å². The molecule has 3 aromatic carbocycles. The number of aliphatic hydroxyl groups excluding tert-OH is 1. The second kappa shape index (κ2) is 5.75. The van der Waals surface area contributed by atoms with Crippen molar-refractivity contribution >= 4 is 10.9 Å². The lowest BCUT2D eigenvalue weighted by Gasteiger charge is -2.09. The van der Waals surface area contributed by atoms with Gasteiger partial charge in [0, 0.05) is 17.3 Å². The Morgan fingerprint density at radius 2 is 1.61 bits per heavy atom. The molecular formula is C21H17NO. The number of rotatable bonds is 3. The summed E-state index contributed by atoms with van der Waals surface area (Å²) < 4.78 is 2.17. The van der Waals surface area contributed by atoms with Crippen molar-refractivity contribution in [1.82, 2.24) is 4.57 Å². The third-order valence-electron chi connectivity index (χ3n) is 4.19. The van der Waals surface area contributed by atoms with Gasteiger partial charge in [0.05, 0.1) is 12.1 Å². The molecule has 2 nitrogen and oxygen atoms in total. The minimum atomic E-state index is 0.0578. The SMILES string of the molecule is OCc1cccc(-n2ccc3c(-c4ccccc4)cccc32)c1. The van der Waals surface area contributed by atoms with Gasteiger partial charge >= 0.3 is 0 Å². The molecule has 0 spiro atoms. The van der Waals surface area contributed by atoms with Gasteiger partial charge in [0.15, 0.2) is 0 Å². The molecule has 0 amide bonds. The highest BCUT2D eigenvalue weighted by Gasteiger charge is 2.08. The van der Waals surface area contributed by atoms with Gasteiger partial charge in [0.2, 0.25) is 0 Å². The fraction of sp³-hybridized carbons (Fsp3) is 0.0476. The minimum absolute atomic E-state index is 0.0578. The standard InChI is InChI=1S/C21H17NO/c23-15-16-6-4-9-18(14-16)22-13-12-20-19(10-5-11-21(20)22)17-7-2-1-3-8-17/h1-14,23H,15H2. The summed E-state index contributed by atoms with van der Waals surface area (Å²) in [6, 6.07) is 27.0. The molecule has 4 rings (SSSR count). The number of benzene rings is 3. The summed E-state index contributed by atoms with van der Waals surface area (Å²) in [7, 11) is 0. The van der Waals surface area contributed by atoms with E-state index in [1.54, 1.807) is 0 Å². The van der Waals surface area contributed by atoms with Crippen LogP contribution in [-0.2, 0) is 6.61 Å². The molecule has 1 aromatic heterocycles. The Labute approximate surface area is 135 Å². The Balaban J connectivity index is 1.91. The summed E-state index contributed by atoms with van der Waals surface area (Å²) in [5.41, 5.74) is 5.61. The van der Waals surface area contributed by atoms with Crippen molar-refractivity contribution in [3.63, 3.8) is 0 Å². The largest absolute Gasteiger partial charge is 0.392 e. The highest BCUT2D eigenvalue weighted by Crippen LogP contribution is 2.30. The zero-order chi connectivity index (χ0) is 15.6. The zero-order valence-electron chi connectivity index (χ0n) is 12.7. The van der Waals surface area contributed by atoms with Crippen LogP contribution in [0.5, 0.6) is 0 Å². The van der Waals surface area contributed by atoms with Crippen molar-refractivity contribution in [2.24, 2.45) is 0 Å². The van der Waals surface area contributed by atoms with Crippen molar-refractivity contribution in [3.8, 4) is 16.8 Å². The average molecular weight is 299 g/mol. The van der Waals surface area contributed by atoms with Crippen LogP contribution < -0.4 is 0 Å². The van der Waals surface area contributed by atoms with E-state index in [0.29, 0.717) is 0 Å². The predicted molar refractivity (Wildman–Crippen MR) is 94.6 cm³/mol. The van der Waals surface area contributed by atoms with Crippen LogP contribution in [0.3, 0.4) is 0 Å². The van der Waals surface area contributed by atoms with E-state index in [4.69, 9.17) is 0 Å². The van der Waals surface area contributed by atoms with Crippen LogP contribution >= 0.6 is 0 Å². The first kappa shape index (κ1) is 13.8. The van der Waals surface area contributed by atoms with E-state index >= 15 is 0 Å². The van der Waals surface area contributed by atoms with Gasteiger partial charge in [0.1, 0.15) is 0 Å². The molecule has 112 valence electrons. The number of aromatic nitrogens is 1. The highest BCUT2D eigenvalue weighted by molar-refractivity contribution is 5.96. The fourth-order valence-corrected chi connectivity index (χ4v) is 3.07. The van der Waals surface area contributed by atoms with Crippen LogP contribution in [0.2, 0.25) is 0 Å². The maximum atomic E-state index is 9.36. The lowest BCUT2D eigenvalue weighted by molar-refractivity contribution is 0.282. The first-order chi connectivity index (χ1) is 11.4. The highest BCUT2D eigenvalue weighted by atomic mass is 16.3. The number of fused-ring (bicyclic) bond motifs is 1. The van der Waals surface area contributed by atoms with E-state index in [1.807, 2.05) is 24.3 Å². The molecular weight excluding hydrogens is 282 g/mol. The van der Waals surface area contributed by atoms with E-state index < -0.39 is 0 Å². The molecule has 1 N–H and O–H groups in total. The van der Waals surface area contributed by atoms with E-state index in [1.165, 1.54) is 22.0 Å². The molecule has 0 radical (unpaired) electrons. The Bertz CT molecular complexity index is 954. The Morgan fingerprint density at radius 3 is 2.43 bits per heavy atom. The predicted octanol–water partition coefficient (Wildman–Crippen LogP) is 4.79. The Morgan fingerprint density at radius 1 is 0.783 bits per heavy atom. The summed E-state index contributed by atoms with van der Waals surface area (Å²) in [5, 5.41) is 10.6. The molecule has 0 saturated heterocycles. The summed E-state index contributed by atoms with van der Waals surface area (Å²) in [6.07, 6.45) is 2.09. The van der Waals surface area contributed by atoms with Gasteiger partial charge < -0.3 is 9.67 Å². The third-order valence-corrected chi connectivity index (χ3v) is 4.19. The lowest BCUT2D eigenvalue weighted by atomic mass is 10.0. The van der Waals surface area contributed by atoms with Crippen LogP contribution in [0, 0.1) is 0 Å². The van der Waals surface area contributed by atoms with Crippen LogP contribution in [0.25, 0.3) is 27.7 Å². The van der Waals surface area contributed by atoms with E-state index in [-0.39, 0.29) is 6.61 Å². The fourth-order valence-electron chi connectivity index (χ4n) is 3.07. The van der Waals surface area contributed by atoms with Crippen molar-refractivity contribution < 1.29 is 5.11 Å². The summed E-state index contributed by atoms with van der Waals surface area (Å²) in [4.78, 5) is 0. The van der Waals surface area contributed by atoms with Gasteiger partial charge in [-0.2, -0.15) is 0 Å². The quantitative estimate of drug-likeness (QED) is 0.578. The first-order valence-electron chi connectivity index (χ1n) is 7.72. The normalized spacial score (nSPS) is 11.0. The summed E-state index contributed by atoms with van der Waals surface area (Å²) >= 11 is 0. The van der Waals surface area contributed by atoms with Gasteiger partial charge in [-0.15, -0.1) is 0 Å². The van der Waals surface area contributed by atoms with E-state index in [9.17, 15) is 5.11 Å². The molecule has 0 unspecified atom stereocenters. The monoisotopic (exact) mass is 299 g/mol. The van der Waals surface area contributed by atoms with Crippen molar-refractivity contribution in [2.45, 2.75) is 6.61 Å². The average Bonchev–Trinajstić information content (AvgIpc) is 3.06. The molecule has 23 heavy (non-hydrogen) atoms. The van der Waals surface area contributed by atoms with E-state index in [0.717, 1.165) is 11.3 Å². The maximum absolute atomic E-state index is 9.36. The molecule has 0 bridgehead atoms. The van der Waals surface area contributed by atoms with Gasteiger partial charge in [-0.05, 0) is 41.0 Å². The smallest absolute Gasteiger partial charge is 0.0682 e.